The summed E-state index contributed by atoms with van der Waals surface area (Å²) < 4.78 is 12.8. The molecule has 0 fully saturated rings. The van der Waals surface area contributed by atoms with Gasteiger partial charge in [0.2, 0.25) is 0 Å². The fraction of sp³-hybridized carbons (Fsp3) is 0. The third-order valence-electron chi connectivity index (χ3n) is 2.59. The molecule has 0 radical (unpaired) electrons. The smallest absolute Gasteiger partial charge is 0.269 e. The number of nitro benzene ring substituents is 1. The fourth-order valence-electron chi connectivity index (χ4n) is 1.54. The summed E-state index contributed by atoms with van der Waals surface area (Å²) in [5.74, 6) is -0.333. The molecule has 22 heavy (non-hydrogen) atoms. The molecule has 6 nitrogen and oxygen atoms in total. The normalized spacial score (nSPS) is 10.4. The van der Waals surface area contributed by atoms with Gasteiger partial charge in [-0.1, -0.05) is 0 Å². The average Bonchev–Trinajstić information content (AvgIpc) is 2.50. The molecule has 112 valence electrons. The molecule has 0 aliphatic heterocycles. The maximum absolute atomic E-state index is 12.8. The molecule has 2 aromatic rings. The highest BCUT2D eigenvalue weighted by atomic mass is 32.1. The van der Waals surface area contributed by atoms with E-state index in [0.29, 0.717) is 11.3 Å². The number of hydrazone groups is 1. The summed E-state index contributed by atoms with van der Waals surface area (Å²) in [7, 11) is 0. The van der Waals surface area contributed by atoms with Crippen molar-refractivity contribution < 1.29 is 9.31 Å². The minimum absolute atomic E-state index is 0.0126. The highest BCUT2D eigenvalue weighted by Gasteiger charge is 2.02. The first kappa shape index (κ1) is 15.5. The number of benzene rings is 2. The Kier molecular flexibility index (Phi) is 5.10. The highest BCUT2D eigenvalue weighted by molar-refractivity contribution is 7.80. The molecule has 0 aromatic heterocycles. The van der Waals surface area contributed by atoms with Gasteiger partial charge in [-0.3, -0.25) is 15.5 Å². The molecule has 0 bridgehead atoms. The van der Waals surface area contributed by atoms with Crippen molar-refractivity contribution in [2.75, 3.05) is 5.32 Å². The van der Waals surface area contributed by atoms with Crippen LogP contribution in [0.25, 0.3) is 0 Å². The van der Waals surface area contributed by atoms with Gasteiger partial charge in [-0.25, -0.2) is 4.39 Å². The fourth-order valence-corrected chi connectivity index (χ4v) is 1.71. The molecule has 2 rings (SSSR count). The maximum Gasteiger partial charge on any atom is 0.269 e. The zero-order chi connectivity index (χ0) is 15.9. The highest BCUT2D eigenvalue weighted by Crippen LogP contribution is 2.10. The topological polar surface area (TPSA) is 79.6 Å². The Balaban J connectivity index is 1.87. The summed E-state index contributed by atoms with van der Waals surface area (Å²) in [6, 6.07) is 11.6. The number of hydrogen-bond acceptors (Lipinski definition) is 4. The van der Waals surface area contributed by atoms with Crippen molar-refractivity contribution in [3.63, 3.8) is 0 Å². The number of nitrogens with zero attached hydrogens (tertiary/aromatic N) is 2. The second-order valence-corrected chi connectivity index (χ2v) is 4.59. The third-order valence-corrected chi connectivity index (χ3v) is 2.78. The molecule has 0 unspecified atom stereocenters. The molecular weight excluding hydrogens is 307 g/mol. The molecule has 0 atom stereocenters. The standard InChI is InChI=1S/C14H11FN4O2S/c15-11-3-5-12(6-4-11)17-14(22)18-16-9-10-1-7-13(8-2-10)19(20)21/h1-9H,(H2,17,18,22)/b16-9+. The molecular formula is C14H11FN4O2S. The van der Waals surface area contributed by atoms with Crippen molar-refractivity contribution in [1.29, 1.82) is 0 Å². The number of rotatable bonds is 4. The van der Waals surface area contributed by atoms with Crippen LogP contribution in [-0.4, -0.2) is 16.3 Å². The second-order valence-electron chi connectivity index (χ2n) is 4.18. The molecule has 0 saturated heterocycles. The predicted octanol–water partition coefficient (Wildman–Crippen LogP) is 3.05. The Morgan fingerprint density at radius 2 is 1.82 bits per heavy atom. The first-order valence-corrected chi connectivity index (χ1v) is 6.55. The van der Waals surface area contributed by atoms with E-state index in [4.69, 9.17) is 12.2 Å². The maximum atomic E-state index is 12.8. The number of thiocarbonyl (C=S) groups is 1. The van der Waals surface area contributed by atoms with Gasteiger partial charge in [0, 0.05) is 17.8 Å². The Bertz CT molecular complexity index is 702. The van der Waals surface area contributed by atoms with Crippen LogP contribution in [0.15, 0.2) is 53.6 Å². The molecule has 0 aliphatic rings. The van der Waals surface area contributed by atoms with Gasteiger partial charge in [0.1, 0.15) is 5.82 Å². The van der Waals surface area contributed by atoms with Crippen molar-refractivity contribution in [2.45, 2.75) is 0 Å². The van der Waals surface area contributed by atoms with Crippen molar-refractivity contribution >= 4 is 34.9 Å². The van der Waals surface area contributed by atoms with Crippen LogP contribution in [0.5, 0.6) is 0 Å². The Hall–Kier alpha value is -2.87. The van der Waals surface area contributed by atoms with Crippen LogP contribution >= 0.6 is 12.2 Å². The summed E-state index contributed by atoms with van der Waals surface area (Å²) in [5, 5.41) is 17.5. The molecule has 0 heterocycles. The number of nitro groups is 1. The number of anilines is 1. The largest absolute Gasteiger partial charge is 0.331 e. The number of non-ortho nitro benzene ring substituents is 1. The zero-order valence-electron chi connectivity index (χ0n) is 11.2. The summed E-state index contributed by atoms with van der Waals surface area (Å²) in [5.41, 5.74) is 3.92. The van der Waals surface area contributed by atoms with Crippen LogP contribution in [0.1, 0.15) is 5.56 Å². The number of nitrogens with one attached hydrogen (secondary N) is 2. The SMILES string of the molecule is O=[N+]([O-])c1ccc(/C=N/NC(=S)Nc2ccc(F)cc2)cc1. The van der Waals surface area contributed by atoms with Gasteiger partial charge in [-0.2, -0.15) is 5.10 Å². The quantitative estimate of drug-likeness (QED) is 0.392. The van der Waals surface area contributed by atoms with Gasteiger partial charge >= 0.3 is 0 Å². The second kappa shape index (κ2) is 7.23. The first-order valence-electron chi connectivity index (χ1n) is 6.15. The molecule has 0 amide bonds. The van der Waals surface area contributed by atoms with Gasteiger partial charge in [0.15, 0.2) is 5.11 Å². The minimum Gasteiger partial charge on any atom is -0.331 e. The molecule has 2 aromatic carbocycles. The predicted molar refractivity (Wildman–Crippen MR) is 86.4 cm³/mol. The lowest BCUT2D eigenvalue weighted by Gasteiger charge is -2.06. The van der Waals surface area contributed by atoms with Crippen LogP contribution in [0.2, 0.25) is 0 Å². The summed E-state index contributed by atoms with van der Waals surface area (Å²) in [6.07, 6.45) is 1.47. The van der Waals surface area contributed by atoms with E-state index in [1.54, 1.807) is 24.3 Å². The van der Waals surface area contributed by atoms with E-state index in [0.717, 1.165) is 0 Å². The van der Waals surface area contributed by atoms with E-state index >= 15 is 0 Å². The van der Waals surface area contributed by atoms with E-state index in [9.17, 15) is 14.5 Å². The van der Waals surface area contributed by atoms with Crippen LogP contribution in [0.3, 0.4) is 0 Å². The monoisotopic (exact) mass is 318 g/mol. The van der Waals surface area contributed by atoms with Crippen molar-refractivity contribution in [2.24, 2.45) is 5.10 Å². The van der Waals surface area contributed by atoms with Crippen molar-refractivity contribution in [1.82, 2.24) is 5.43 Å². The van der Waals surface area contributed by atoms with Gasteiger partial charge in [0.05, 0.1) is 11.1 Å². The molecule has 0 spiro atoms. The van der Waals surface area contributed by atoms with Gasteiger partial charge in [-0.05, 0) is 54.2 Å². The van der Waals surface area contributed by atoms with E-state index < -0.39 is 4.92 Å². The Morgan fingerprint density at radius 1 is 1.18 bits per heavy atom. The van der Waals surface area contributed by atoms with Gasteiger partial charge < -0.3 is 5.32 Å². The van der Waals surface area contributed by atoms with E-state index in [1.165, 1.54) is 30.5 Å². The summed E-state index contributed by atoms with van der Waals surface area (Å²) >= 11 is 5.02. The Labute approximate surface area is 130 Å². The third kappa shape index (κ3) is 4.60. The lowest BCUT2D eigenvalue weighted by Crippen LogP contribution is -2.23. The lowest BCUT2D eigenvalue weighted by atomic mass is 10.2. The molecule has 8 heteroatoms. The van der Waals surface area contributed by atoms with E-state index in [2.05, 4.69) is 15.8 Å². The van der Waals surface area contributed by atoms with Crippen molar-refractivity contribution in [3.05, 3.63) is 70.0 Å². The van der Waals surface area contributed by atoms with Crippen LogP contribution in [0.4, 0.5) is 15.8 Å². The van der Waals surface area contributed by atoms with Crippen LogP contribution in [0, 0.1) is 15.9 Å². The average molecular weight is 318 g/mol. The molecule has 0 saturated carbocycles. The minimum atomic E-state index is -0.471. The Morgan fingerprint density at radius 3 is 2.41 bits per heavy atom. The van der Waals surface area contributed by atoms with E-state index in [1.807, 2.05) is 0 Å². The lowest BCUT2D eigenvalue weighted by molar-refractivity contribution is -0.384. The first-order chi connectivity index (χ1) is 10.5. The van der Waals surface area contributed by atoms with Crippen LogP contribution in [-0.2, 0) is 0 Å². The van der Waals surface area contributed by atoms with Crippen molar-refractivity contribution in [3.8, 4) is 0 Å². The number of hydrogen-bond donors (Lipinski definition) is 2. The van der Waals surface area contributed by atoms with Gasteiger partial charge in [-0.15, -0.1) is 0 Å². The molecule has 0 aliphatic carbocycles. The summed E-state index contributed by atoms with van der Waals surface area (Å²) in [4.78, 5) is 10.0. The summed E-state index contributed by atoms with van der Waals surface area (Å²) in [6.45, 7) is 0. The van der Waals surface area contributed by atoms with Gasteiger partial charge in [0.25, 0.3) is 5.69 Å². The molecule has 2 N–H and O–H groups in total. The zero-order valence-corrected chi connectivity index (χ0v) is 12.0. The van der Waals surface area contributed by atoms with Crippen LogP contribution < -0.4 is 10.7 Å². The van der Waals surface area contributed by atoms with E-state index in [-0.39, 0.29) is 16.6 Å². The number of halogens is 1.